The molecule has 0 spiro atoms. The zero-order valence-corrected chi connectivity index (χ0v) is 19.2. The molecule has 0 radical (unpaired) electrons. The van der Waals surface area contributed by atoms with Crippen molar-refractivity contribution in [2.75, 3.05) is 0 Å². The lowest BCUT2D eigenvalue weighted by atomic mass is 10.1. The minimum Gasteiger partial charge on any atom is -0.491 e. The average molecular weight is 453 g/mol. The van der Waals surface area contributed by atoms with Gasteiger partial charge in [0.1, 0.15) is 5.75 Å². The number of benzene rings is 2. The van der Waals surface area contributed by atoms with Gasteiger partial charge in [-0.2, -0.15) is 0 Å². The summed E-state index contributed by atoms with van der Waals surface area (Å²) in [7, 11) is 0. The van der Waals surface area contributed by atoms with Gasteiger partial charge in [0.15, 0.2) is 0 Å². The van der Waals surface area contributed by atoms with E-state index in [0.29, 0.717) is 11.4 Å². The molecule has 0 unspecified atom stereocenters. The van der Waals surface area contributed by atoms with Crippen LogP contribution in [0.3, 0.4) is 0 Å². The molecular weight excluding hydrogens is 424 g/mol. The van der Waals surface area contributed by atoms with Gasteiger partial charge in [-0.1, -0.05) is 29.8 Å². The van der Waals surface area contributed by atoms with Crippen LogP contribution in [0.1, 0.15) is 37.0 Å². The largest absolute Gasteiger partial charge is 0.491 e. The summed E-state index contributed by atoms with van der Waals surface area (Å²) >= 11 is 0. The Balaban J connectivity index is 2.15. The fourth-order valence-corrected chi connectivity index (χ4v) is 3.28. The molecule has 33 heavy (non-hydrogen) atoms. The Kier molecular flexibility index (Phi) is 7.32. The first-order valence-corrected chi connectivity index (χ1v) is 10.7. The van der Waals surface area contributed by atoms with Crippen LogP contribution in [0.5, 0.6) is 5.75 Å². The molecule has 0 fully saturated rings. The second-order valence-corrected chi connectivity index (χ2v) is 8.13. The Morgan fingerprint density at radius 1 is 1.09 bits per heavy atom. The van der Waals surface area contributed by atoms with E-state index in [1.54, 1.807) is 12.1 Å². The molecule has 1 aromatic heterocycles. The number of nitrogens with one attached hydrogen (secondary N) is 1. The Bertz CT molecular complexity index is 1330. The molecule has 1 heterocycles. The first kappa shape index (κ1) is 23.8. The van der Waals surface area contributed by atoms with Crippen LogP contribution in [0.2, 0.25) is 0 Å². The molecule has 0 aliphatic heterocycles. The summed E-state index contributed by atoms with van der Waals surface area (Å²) in [4.78, 5) is 43.9. The number of rotatable bonds is 8. The van der Waals surface area contributed by atoms with Crippen LogP contribution in [0.4, 0.5) is 5.69 Å². The number of hydrogen-bond acceptors (Lipinski definition) is 5. The zero-order chi connectivity index (χ0) is 24.1. The van der Waals surface area contributed by atoms with Gasteiger partial charge in [-0.15, -0.1) is 0 Å². The van der Waals surface area contributed by atoms with Crippen LogP contribution in [-0.4, -0.2) is 31.3 Å². The van der Waals surface area contributed by atoms with Crippen molar-refractivity contribution in [1.29, 1.82) is 0 Å². The number of aryl methyl sites for hydroxylation is 2. The van der Waals surface area contributed by atoms with Crippen LogP contribution in [-0.2, 0) is 17.9 Å². The Morgan fingerprint density at radius 2 is 1.79 bits per heavy atom. The summed E-state index contributed by atoms with van der Waals surface area (Å²) in [5, 5.41) is 8.98. The highest BCUT2D eigenvalue weighted by molar-refractivity contribution is 5.66. The second kappa shape index (κ2) is 10.2. The van der Waals surface area contributed by atoms with E-state index in [4.69, 9.17) is 9.84 Å². The van der Waals surface area contributed by atoms with E-state index < -0.39 is 17.3 Å². The van der Waals surface area contributed by atoms with E-state index in [0.717, 1.165) is 21.3 Å². The van der Waals surface area contributed by atoms with Gasteiger partial charge in [0.25, 0.3) is 0 Å². The van der Waals surface area contributed by atoms with Gasteiger partial charge in [-0.25, -0.2) is 19.1 Å². The van der Waals surface area contributed by atoms with Crippen molar-refractivity contribution in [2.24, 2.45) is 4.99 Å². The SMILES string of the molecule is Cc1ccc(Cn2c(=O)n(CCC(=O)O)c(=O)[nH]/c2=N\c2ccc(OC(C)C)cc2C)cc1. The molecule has 9 heteroatoms. The van der Waals surface area contributed by atoms with Crippen molar-refractivity contribution < 1.29 is 14.6 Å². The molecule has 0 bridgehead atoms. The van der Waals surface area contributed by atoms with Crippen LogP contribution in [0.25, 0.3) is 0 Å². The molecule has 2 aromatic carbocycles. The van der Waals surface area contributed by atoms with Gasteiger partial charge in [0.05, 0.1) is 24.8 Å². The molecule has 9 nitrogen and oxygen atoms in total. The molecule has 174 valence electrons. The minimum absolute atomic E-state index is 0.0265. The maximum absolute atomic E-state index is 13.2. The third kappa shape index (κ3) is 6.09. The Hall–Kier alpha value is -3.88. The van der Waals surface area contributed by atoms with Crippen LogP contribution in [0, 0.1) is 13.8 Å². The van der Waals surface area contributed by atoms with Gasteiger partial charge < -0.3 is 9.84 Å². The van der Waals surface area contributed by atoms with E-state index in [-0.39, 0.29) is 31.2 Å². The number of aliphatic carboxylic acids is 1. The van der Waals surface area contributed by atoms with Crippen molar-refractivity contribution in [2.45, 2.75) is 53.3 Å². The molecule has 0 aliphatic rings. The van der Waals surface area contributed by atoms with Gasteiger partial charge >= 0.3 is 17.3 Å². The standard InChI is InChI=1S/C24H28N4O5/c1-15(2)33-19-9-10-20(17(4)13-19)25-22-26-23(31)27(12-11-21(29)30)24(32)28(22)14-18-7-5-16(3)6-8-18/h5-10,13,15H,11-12,14H2,1-4H3,(H,29,30)(H,25,26,31). The van der Waals surface area contributed by atoms with Crippen LogP contribution < -0.4 is 21.7 Å². The highest BCUT2D eigenvalue weighted by Gasteiger charge is 2.12. The molecule has 3 aromatic rings. The smallest absolute Gasteiger partial charge is 0.335 e. The topological polar surface area (TPSA) is 119 Å². The lowest BCUT2D eigenvalue weighted by Crippen LogP contribution is -2.50. The number of carboxylic acid groups (broad SMARTS) is 1. The summed E-state index contributed by atoms with van der Waals surface area (Å²) in [6.07, 6.45) is -0.320. The molecule has 0 amide bonds. The van der Waals surface area contributed by atoms with Gasteiger partial charge in [-0.3, -0.25) is 14.3 Å². The van der Waals surface area contributed by atoms with Crippen molar-refractivity contribution in [1.82, 2.24) is 14.1 Å². The highest BCUT2D eigenvalue weighted by Crippen LogP contribution is 2.23. The molecule has 0 aliphatic carbocycles. The fourth-order valence-electron chi connectivity index (χ4n) is 3.28. The van der Waals surface area contributed by atoms with Crippen LogP contribution >= 0.6 is 0 Å². The molecule has 0 atom stereocenters. The van der Waals surface area contributed by atoms with Crippen LogP contribution in [0.15, 0.2) is 57.0 Å². The van der Waals surface area contributed by atoms with E-state index in [1.807, 2.05) is 58.0 Å². The second-order valence-electron chi connectivity index (χ2n) is 8.13. The van der Waals surface area contributed by atoms with E-state index in [2.05, 4.69) is 9.98 Å². The predicted molar refractivity (Wildman–Crippen MR) is 124 cm³/mol. The fraction of sp³-hybridized carbons (Fsp3) is 0.333. The Labute approximate surface area is 190 Å². The number of H-pyrrole nitrogens is 1. The average Bonchev–Trinajstić information content (AvgIpc) is 2.73. The summed E-state index contributed by atoms with van der Waals surface area (Å²) in [5.74, 6) is -0.397. The van der Waals surface area contributed by atoms with Gasteiger partial charge in [0, 0.05) is 6.54 Å². The number of carboxylic acids is 1. The zero-order valence-electron chi connectivity index (χ0n) is 19.2. The minimum atomic E-state index is -1.10. The number of hydrogen-bond donors (Lipinski definition) is 2. The maximum atomic E-state index is 13.2. The van der Waals surface area contributed by atoms with Crippen molar-refractivity contribution in [3.63, 3.8) is 0 Å². The van der Waals surface area contributed by atoms with Gasteiger partial charge in [0.2, 0.25) is 5.62 Å². The molecular formula is C24H28N4O5. The summed E-state index contributed by atoms with van der Waals surface area (Å²) in [6.45, 7) is 7.62. The predicted octanol–water partition coefficient (Wildman–Crippen LogP) is 2.50. The first-order valence-electron chi connectivity index (χ1n) is 10.7. The summed E-state index contributed by atoms with van der Waals surface area (Å²) in [6, 6.07) is 13.0. The van der Waals surface area contributed by atoms with E-state index in [9.17, 15) is 14.4 Å². The van der Waals surface area contributed by atoms with E-state index >= 15 is 0 Å². The lowest BCUT2D eigenvalue weighted by molar-refractivity contribution is -0.137. The number of aromatic amines is 1. The van der Waals surface area contributed by atoms with E-state index in [1.165, 1.54) is 4.57 Å². The third-order valence-corrected chi connectivity index (χ3v) is 4.96. The van der Waals surface area contributed by atoms with Gasteiger partial charge in [-0.05, 0) is 57.0 Å². The summed E-state index contributed by atoms with van der Waals surface area (Å²) in [5.41, 5.74) is 2.04. The first-order chi connectivity index (χ1) is 15.6. The van der Waals surface area contributed by atoms with Crippen molar-refractivity contribution in [3.8, 4) is 5.75 Å². The Morgan fingerprint density at radius 3 is 2.39 bits per heavy atom. The highest BCUT2D eigenvalue weighted by atomic mass is 16.5. The summed E-state index contributed by atoms with van der Waals surface area (Å²) < 4.78 is 7.93. The molecule has 0 saturated heterocycles. The monoisotopic (exact) mass is 452 g/mol. The van der Waals surface area contributed by atoms with Crippen molar-refractivity contribution >= 4 is 11.7 Å². The third-order valence-electron chi connectivity index (χ3n) is 4.96. The number of nitrogens with zero attached hydrogens (tertiary/aromatic N) is 3. The quantitative estimate of drug-likeness (QED) is 0.544. The molecule has 2 N–H and O–H groups in total. The number of carbonyl (C=O) groups is 1. The van der Waals surface area contributed by atoms with Crippen molar-refractivity contribution in [3.05, 3.63) is 85.7 Å². The normalized spacial score (nSPS) is 11.7. The molecule has 3 rings (SSSR count). The number of aromatic nitrogens is 3. The maximum Gasteiger partial charge on any atom is 0.335 e. The number of ether oxygens (including phenoxy) is 1. The molecule has 0 saturated carbocycles. The lowest BCUT2D eigenvalue weighted by Gasteiger charge is -2.12.